The summed E-state index contributed by atoms with van der Waals surface area (Å²) in [4.78, 5) is 0. The molecule has 0 atom stereocenters. The molecule has 0 N–H and O–H groups in total. The van der Waals surface area contributed by atoms with Crippen molar-refractivity contribution in [1.29, 1.82) is 0 Å². The minimum absolute atomic E-state index is 0.151. The Bertz CT molecular complexity index is 3090. The van der Waals surface area contributed by atoms with Crippen LogP contribution in [-0.4, -0.2) is 4.57 Å². The van der Waals surface area contributed by atoms with Gasteiger partial charge in [0, 0.05) is 27.3 Å². The molecule has 0 bridgehead atoms. The summed E-state index contributed by atoms with van der Waals surface area (Å²) >= 11 is 0. The van der Waals surface area contributed by atoms with Gasteiger partial charge in [0.2, 0.25) is 0 Å². The van der Waals surface area contributed by atoms with Crippen LogP contribution in [0.3, 0.4) is 0 Å². The van der Waals surface area contributed by atoms with Gasteiger partial charge in [-0.3, -0.25) is 0 Å². The second kappa shape index (κ2) is 15.8. The van der Waals surface area contributed by atoms with Crippen LogP contribution in [0.15, 0.2) is 206 Å². The Morgan fingerprint density at radius 1 is 0.356 bits per heavy atom. The summed E-state index contributed by atoms with van der Waals surface area (Å²) in [7, 11) is 0. The maximum Gasteiger partial charge on any atom is 0.0619 e. The van der Waals surface area contributed by atoms with Crippen molar-refractivity contribution >= 4 is 32.6 Å². The van der Waals surface area contributed by atoms with Crippen molar-refractivity contribution < 1.29 is 0 Å². The molecule has 10 aromatic rings. The summed E-state index contributed by atoms with van der Waals surface area (Å²) in [6.07, 6.45) is 0. The third-order valence-electron chi connectivity index (χ3n) is 11.9. The lowest BCUT2D eigenvalue weighted by atomic mass is 9.82. The molecular weight excluding hydrogens is 711 g/mol. The van der Waals surface area contributed by atoms with E-state index >= 15 is 0 Å². The summed E-state index contributed by atoms with van der Waals surface area (Å²) in [5.74, 6) is 0. The molecule has 286 valence electrons. The first-order valence-electron chi connectivity index (χ1n) is 20.7. The van der Waals surface area contributed by atoms with Crippen LogP contribution in [0.2, 0.25) is 0 Å². The van der Waals surface area contributed by atoms with Crippen LogP contribution in [0.25, 0.3) is 71.6 Å². The van der Waals surface area contributed by atoms with Gasteiger partial charge in [-0.05, 0) is 94.9 Å². The van der Waals surface area contributed by atoms with E-state index in [-0.39, 0.29) is 5.41 Å². The van der Waals surface area contributed by atoms with Crippen molar-refractivity contribution in [2.24, 2.45) is 0 Å². The summed E-state index contributed by atoms with van der Waals surface area (Å²) in [6.45, 7) is 11.0. The van der Waals surface area contributed by atoms with Gasteiger partial charge in [-0.15, -0.1) is 0 Å². The van der Waals surface area contributed by atoms with E-state index in [1.165, 1.54) is 99.5 Å². The van der Waals surface area contributed by atoms with E-state index in [4.69, 9.17) is 0 Å². The molecule has 0 unspecified atom stereocenters. The van der Waals surface area contributed by atoms with E-state index in [1.807, 2.05) is 18.2 Å². The fraction of sp³-hybridized carbons (Fsp3) is 0.103. The minimum atomic E-state index is 0.151. The third-order valence-corrected chi connectivity index (χ3v) is 11.9. The number of benzene rings is 9. The first-order chi connectivity index (χ1) is 28.8. The molecule has 1 aromatic heterocycles. The average molecular weight is 760 g/mol. The monoisotopic (exact) mass is 759 g/mol. The third kappa shape index (κ3) is 7.26. The van der Waals surface area contributed by atoms with Crippen LogP contribution in [0.5, 0.6) is 0 Å². The zero-order valence-electron chi connectivity index (χ0n) is 34.6. The lowest BCUT2D eigenvalue weighted by Gasteiger charge is -2.21. The molecule has 0 saturated carbocycles. The maximum atomic E-state index is 2.43. The highest BCUT2D eigenvalue weighted by atomic mass is 15.0. The number of fused-ring (bicyclic) bond motifs is 8. The SMILES string of the molecule is Cc1ccc2c(c1)C(C)(C)c1ccccc1-2.Cc1cccc(-c2cccc(-c3ccc4c5ccc6ccccc6c5n(-c5ccccc5)c4c3)c2)c1.Cc1ccccc1. The normalized spacial score (nSPS) is 12.3. The van der Waals surface area contributed by atoms with Gasteiger partial charge in [-0.1, -0.05) is 213 Å². The smallest absolute Gasteiger partial charge is 0.0619 e. The predicted molar refractivity (Wildman–Crippen MR) is 254 cm³/mol. The Kier molecular flexibility index (Phi) is 10.0. The Labute approximate surface area is 348 Å². The van der Waals surface area contributed by atoms with Gasteiger partial charge in [0.25, 0.3) is 0 Å². The second-order valence-electron chi connectivity index (χ2n) is 16.4. The quantitative estimate of drug-likeness (QED) is 0.169. The fourth-order valence-corrected chi connectivity index (χ4v) is 8.86. The van der Waals surface area contributed by atoms with E-state index in [0.29, 0.717) is 0 Å². The van der Waals surface area contributed by atoms with Crippen LogP contribution >= 0.6 is 0 Å². The van der Waals surface area contributed by atoms with Gasteiger partial charge in [0.05, 0.1) is 11.0 Å². The zero-order valence-corrected chi connectivity index (χ0v) is 34.6. The number of rotatable bonds is 3. The van der Waals surface area contributed by atoms with Crippen molar-refractivity contribution in [3.63, 3.8) is 0 Å². The summed E-state index contributed by atoms with van der Waals surface area (Å²) in [6, 6.07) is 74.2. The van der Waals surface area contributed by atoms with E-state index in [0.717, 1.165) is 0 Å². The molecule has 0 amide bonds. The van der Waals surface area contributed by atoms with Crippen molar-refractivity contribution in [2.45, 2.75) is 40.0 Å². The molecule has 1 aliphatic rings. The first-order valence-corrected chi connectivity index (χ1v) is 20.7. The van der Waals surface area contributed by atoms with Crippen molar-refractivity contribution in [3.05, 3.63) is 234 Å². The number of hydrogen-bond acceptors (Lipinski definition) is 0. The predicted octanol–water partition coefficient (Wildman–Crippen LogP) is 15.9. The summed E-state index contributed by atoms with van der Waals surface area (Å²) in [5.41, 5.74) is 18.4. The van der Waals surface area contributed by atoms with E-state index < -0.39 is 0 Å². The van der Waals surface area contributed by atoms with Gasteiger partial charge >= 0.3 is 0 Å². The Morgan fingerprint density at radius 3 is 1.66 bits per heavy atom. The number of nitrogens with zero attached hydrogens (tertiary/aromatic N) is 1. The zero-order chi connectivity index (χ0) is 40.5. The highest BCUT2D eigenvalue weighted by Crippen LogP contribution is 2.48. The second-order valence-corrected chi connectivity index (χ2v) is 16.4. The lowest BCUT2D eigenvalue weighted by molar-refractivity contribution is 0.660. The first kappa shape index (κ1) is 37.6. The van der Waals surface area contributed by atoms with E-state index in [9.17, 15) is 0 Å². The number of hydrogen-bond donors (Lipinski definition) is 0. The molecule has 0 spiro atoms. The molecule has 0 aliphatic heterocycles. The van der Waals surface area contributed by atoms with Gasteiger partial charge < -0.3 is 4.57 Å². The Balaban J connectivity index is 0.000000159. The van der Waals surface area contributed by atoms with Crippen LogP contribution < -0.4 is 0 Å². The van der Waals surface area contributed by atoms with Gasteiger partial charge in [0.15, 0.2) is 0 Å². The Hall–Kier alpha value is -6.96. The molecule has 1 nitrogen and oxygen atoms in total. The van der Waals surface area contributed by atoms with E-state index in [1.54, 1.807) is 0 Å². The molecule has 11 rings (SSSR count). The van der Waals surface area contributed by atoms with E-state index in [2.05, 4.69) is 227 Å². The minimum Gasteiger partial charge on any atom is -0.309 e. The molecule has 59 heavy (non-hydrogen) atoms. The van der Waals surface area contributed by atoms with Gasteiger partial charge in [-0.2, -0.15) is 0 Å². The molecule has 1 heteroatoms. The number of aryl methyl sites for hydroxylation is 3. The summed E-state index contributed by atoms with van der Waals surface area (Å²) in [5, 5.41) is 5.10. The number of aromatic nitrogens is 1. The molecule has 0 saturated heterocycles. The average Bonchev–Trinajstić information content (AvgIpc) is 3.73. The van der Waals surface area contributed by atoms with Crippen LogP contribution in [0.1, 0.15) is 41.7 Å². The molecule has 9 aromatic carbocycles. The van der Waals surface area contributed by atoms with Crippen LogP contribution in [-0.2, 0) is 5.41 Å². The molecule has 0 fully saturated rings. The van der Waals surface area contributed by atoms with Crippen molar-refractivity contribution in [1.82, 2.24) is 4.57 Å². The topological polar surface area (TPSA) is 4.93 Å². The van der Waals surface area contributed by atoms with Crippen molar-refractivity contribution in [3.8, 4) is 39.1 Å². The maximum absolute atomic E-state index is 2.43. The van der Waals surface area contributed by atoms with Gasteiger partial charge in [0.1, 0.15) is 0 Å². The molecular formula is C58H49N. The molecule has 0 radical (unpaired) electrons. The standard InChI is InChI=1S/C35H25N.C16H16.C7H8/c1-24-9-7-11-26(21-24)27-12-8-13-28(22-27)29-18-19-32-33-20-17-25-10-5-6-16-31(25)35(33)36(34(32)23-29)30-14-3-2-4-15-30;1-11-8-9-13-12-6-4-5-7-14(12)16(2,3)15(13)10-11;1-7-5-3-2-4-6-7/h2-23H,1H3;4-10H,1-3H3;2-6H,1H3. The van der Waals surface area contributed by atoms with Crippen LogP contribution in [0, 0.1) is 20.8 Å². The molecule has 1 aliphatic carbocycles. The highest BCUT2D eigenvalue weighted by molar-refractivity contribution is 6.19. The van der Waals surface area contributed by atoms with Crippen LogP contribution in [0.4, 0.5) is 0 Å². The lowest BCUT2D eigenvalue weighted by Crippen LogP contribution is -2.14. The van der Waals surface area contributed by atoms with Gasteiger partial charge in [-0.25, -0.2) is 0 Å². The highest BCUT2D eigenvalue weighted by Gasteiger charge is 2.34. The molecule has 1 heterocycles. The van der Waals surface area contributed by atoms with Crippen molar-refractivity contribution in [2.75, 3.05) is 0 Å². The largest absolute Gasteiger partial charge is 0.309 e. The number of para-hydroxylation sites is 1. The Morgan fingerprint density at radius 2 is 0.932 bits per heavy atom. The fourth-order valence-electron chi connectivity index (χ4n) is 8.86. The summed E-state index contributed by atoms with van der Waals surface area (Å²) < 4.78 is 2.43.